The lowest BCUT2D eigenvalue weighted by molar-refractivity contribution is 0.630. The van der Waals surface area contributed by atoms with Gasteiger partial charge in [0.15, 0.2) is 0 Å². The minimum Gasteiger partial charge on any atom is -0.323 e. The van der Waals surface area contributed by atoms with Crippen molar-refractivity contribution >= 4 is 11.6 Å². The maximum Gasteiger partial charge on any atom is 0.252 e. The molecule has 0 spiro atoms. The fraction of sp³-hybridized carbons (Fsp3) is 0.0588. The highest BCUT2D eigenvalue weighted by molar-refractivity contribution is 5.62. The lowest BCUT2D eigenvalue weighted by Crippen LogP contribution is -2.11. The van der Waals surface area contributed by atoms with Gasteiger partial charge in [-0.15, -0.1) is 0 Å². The Morgan fingerprint density at radius 1 is 1.09 bits per heavy atom. The smallest absolute Gasteiger partial charge is 0.252 e. The Kier molecular flexibility index (Phi) is 3.70. The van der Waals surface area contributed by atoms with Crippen molar-refractivity contribution in [3.8, 4) is 11.3 Å². The Hall–Kier alpha value is -2.95. The van der Waals surface area contributed by atoms with Gasteiger partial charge in [-0.1, -0.05) is 36.4 Å². The molecule has 2 aromatic carbocycles. The van der Waals surface area contributed by atoms with Crippen LogP contribution in [0.25, 0.3) is 11.3 Å². The zero-order valence-corrected chi connectivity index (χ0v) is 11.9. The predicted octanol–water partition coefficient (Wildman–Crippen LogP) is 3.63. The van der Waals surface area contributed by atoms with E-state index in [1.165, 1.54) is 12.1 Å². The third-order valence-corrected chi connectivity index (χ3v) is 3.19. The van der Waals surface area contributed by atoms with Crippen molar-refractivity contribution in [2.75, 3.05) is 5.32 Å². The van der Waals surface area contributed by atoms with Crippen molar-refractivity contribution in [2.45, 2.75) is 6.92 Å². The summed E-state index contributed by atoms with van der Waals surface area (Å²) < 4.78 is 13.9. The molecule has 0 fully saturated rings. The first-order valence-electron chi connectivity index (χ1n) is 6.82. The van der Waals surface area contributed by atoms with Crippen LogP contribution in [0, 0.1) is 12.7 Å². The second-order valence-corrected chi connectivity index (χ2v) is 4.95. The predicted molar refractivity (Wildman–Crippen MR) is 84.7 cm³/mol. The number of hydrogen-bond donors (Lipinski definition) is 2. The highest BCUT2D eigenvalue weighted by Crippen LogP contribution is 2.20. The molecule has 1 heterocycles. The SMILES string of the molecule is Cc1ccc(Nc2nc(-c3ccccc3)cc(=O)[nH]2)c(F)c1. The second kappa shape index (κ2) is 5.81. The van der Waals surface area contributed by atoms with Crippen LogP contribution in [-0.4, -0.2) is 9.97 Å². The first-order valence-corrected chi connectivity index (χ1v) is 6.82. The molecule has 0 aliphatic heterocycles. The van der Waals surface area contributed by atoms with Gasteiger partial charge in [0.1, 0.15) is 5.82 Å². The zero-order chi connectivity index (χ0) is 15.5. The summed E-state index contributed by atoms with van der Waals surface area (Å²) in [4.78, 5) is 18.7. The normalized spacial score (nSPS) is 10.5. The highest BCUT2D eigenvalue weighted by Gasteiger charge is 2.07. The summed E-state index contributed by atoms with van der Waals surface area (Å²) in [5.41, 5.74) is 2.13. The molecule has 22 heavy (non-hydrogen) atoms. The molecule has 3 aromatic rings. The van der Waals surface area contributed by atoms with E-state index in [0.29, 0.717) is 5.69 Å². The number of anilines is 2. The number of aromatic nitrogens is 2. The van der Waals surface area contributed by atoms with E-state index in [4.69, 9.17) is 0 Å². The van der Waals surface area contributed by atoms with Gasteiger partial charge in [0.05, 0.1) is 11.4 Å². The fourth-order valence-corrected chi connectivity index (χ4v) is 2.12. The molecule has 0 amide bonds. The van der Waals surface area contributed by atoms with Gasteiger partial charge in [0.2, 0.25) is 5.95 Å². The molecular weight excluding hydrogens is 281 g/mol. The Bertz CT molecular complexity index is 859. The first-order chi connectivity index (χ1) is 10.6. The third-order valence-electron chi connectivity index (χ3n) is 3.19. The maximum atomic E-state index is 13.9. The number of H-pyrrole nitrogens is 1. The fourth-order valence-electron chi connectivity index (χ4n) is 2.12. The molecule has 0 bridgehead atoms. The van der Waals surface area contributed by atoms with Crippen molar-refractivity contribution in [1.82, 2.24) is 9.97 Å². The van der Waals surface area contributed by atoms with Crippen LogP contribution in [0.2, 0.25) is 0 Å². The monoisotopic (exact) mass is 295 g/mol. The number of aromatic amines is 1. The lowest BCUT2D eigenvalue weighted by atomic mass is 10.1. The summed E-state index contributed by atoms with van der Waals surface area (Å²) >= 11 is 0. The number of nitrogens with zero attached hydrogens (tertiary/aromatic N) is 1. The third kappa shape index (κ3) is 3.03. The molecule has 0 saturated carbocycles. The topological polar surface area (TPSA) is 57.8 Å². The molecule has 0 radical (unpaired) electrons. The molecule has 5 heteroatoms. The Labute approximate surface area is 126 Å². The Balaban J connectivity index is 1.98. The summed E-state index contributed by atoms with van der Waals surface area (Å²) in [5, 5.41) is 2.81. The van der Waals surface area contributed by atoms with Crippen molar-refractivity contribution in [3.05, 3.63) is 76.3 Å². The van der Waals surface area contributed by atoms with E-state index in [1.54, 1.807) is 12.1 Å². The van der Waals surface area contributed by atoms with Gasteiger partial charge in [-0.3, -0.25) is 9.78 Å². The highest BCUT2D eigenvalue weighted by atomic mass is 19.1. The van der Waals surface area contributed by atoms with Gasteiger partial charge in [-0.2, -0.15) is 0 Å². The molecule has 3 rings (SSSR count). The average molecular weight is 295 g/mol. The van der Waals surface area contributed by atoms with E-state index in [1.807, 2.05) is 37.3 Å². The van der Waals surface area contributed by atoms with Gasteiger partial charge < -0.3 is 5.32 Å². The molecule has 110 valence electrons. The number of aryl methyl sites for hydroxylation is 1. The standard InChI is InChI=1S/C17H14FN3O/c1-11-7-8-14(13(18)9-11)19-17-20-15(10-16(22)21-17)12-5-3-2-4-6-12/h2-10H,1H3,(H2,19,20,21,22). The Morgan fingerprint density at radius 3 is 2.59 bits per heavy atom. The van der Waals surface area contributed by atoms with Crippen LogP contribution >= 0.6 is 0 Å². The zero-order valence-electron chi connectivity index (χ0n) is 11.9. The molecule has 0 unspecified atom stereocenters. The van der Waals surface area contributed by atoms with E-state index in [-0.39, 0.29) is 17.2 Å². The Morgan fingerprint density at radius 2 is 1.86 bits per heavy atom. The number of rotatable bonds is 3. The van der Waals surface area contributed by atoms with E-state index < -0.39 is 5.82 Å². The van der Waals surface area contributed by atoms with Crippen molar-refractivity contribution in [3.63, 3.8) is 0 Å². The number of benzene rings is 2. The summed E-state index contributed by atoms with van der Waals surface area (Å²) in [5.74, 6) is -0.193. The van der Waals surface area contributed by atoms with Crippen LogP contribution in [-0.2, 0) is 0 Å². The quantitative estimate of drug-likeness (QED) is 0.775. The van der Waals surface area contributed by atoms with E-state index in [0.717, 1.165) is 11.1 Å². The lowest BCUT2D eigenvalue weighted by Gasteiger charge is -2.08. The molecule has 0 atom stereocenters. The van der Waals surface area contributed by atoms with Gasteiger partial charge in [0.25, 0.3) is 5.56 Å². The van der Waals surface area contributed by atoms with E-state index in [9.17, 15) is 9.18 Å². The van der Waals surface area contributed by atoms with Crippen LogP contribution in [0.3, 0.4) is 0 Å². The van der Waals surface area contributed by atoms with Gasteiger partial charge in [0, 0.05) is 11.6 Å². The van der Waals surface area contributed by atoms with Crippen molar-refractivity contribution in [2.24, 2.45) is 0 Å². The average Bonchev–Trinajstić information content (AvgIpc) is 2.50. The van der Waals surface area contributed by atoms with Crippen LogP contribution in [0.4, 0.5) is 16.0 Å². The molecular formula is C17H14FN3O. The molecule has 0 aliphatic rings. The van der Waals surface area contributed by atoms with Crippen molar-refractivity contribution in [1.29, 1.82) is 0 Å². The second-order valence-electron chi connectivity index (χ2n) is 4.95. The number of halogens is 1. The van der Waals surface area contributed by atoms with E-state index in [2.05, 4.69) is 15.3 Å². The minimum absolute atomic E-state index is 0.203. The molecule has 0 aliphatic carbocycles. The largest absolute Gasteiger partial charge is 0.323 e. The van der Waals surface area contributed by atoms with Crippen molar-refractivity contribution < 1.29 is 4.39 Å². The summed E-state index contributed by atoms with van der Waals surface area (Å²) in [6, 6.07) is 15.6. The number of nitrogens with one attached hydrogen (secondary N) is 2. The minimum atomic E-state index is -0.396. The summed E-state index contributed by atoms with van der Waals surface area (Å²) in [7, 11) is 0. The number of hydrogen-bond acceptors (Lipinski definition) is 3. The molecule has 4 nitrogen and oxygen atoms in total. The molecule has 2 N–H and O–H groups in total. The summed E-state index contributed by atoms with van der Waals surface area (Å²) in [6.45, 7) is 1.81. The molecule has 1 aromatic heterocycles. The first kappa shape index (κ1) is 14.0. The van der Waals surface area contributed by atoms with Crippen LogP contribution in [0.5, 0.6) is 0 Å². The van der Waals surface area contributed by atoms with Crippen LogP contribution < -0.4 is 10.9 Å². The van der Waals surface area contributed by atoms with Crippen LogP contribution in [0.15, 0.2) is 59.4 Å². The van der Waals surface area contributed by atoms with Crippen LogP contribution in [0.1, 0.15) is 5.56 Å². The van der Waals surface area contributed by atoms with Gasteiger partial charge in [-0.05, 0) is 24.6 Å². The maximum absolute atomic E-state index is 13.9. The summed E-state index contributed by atoms with van der Waals surface area (Å²) in [6.07, 6.45) is 0. The van der Waals surface area contributed by atoms with E-state index >= 15 is 0 Å². The van der Waals surface area contributed by atoms with Gasteiger partial charge >= 0.3 is 0 Å². The van der Waals surface area contributed by atoms with Gasteiger partial charge in [-0.25, -0.2) is 9.37 Å². The molecule has 0 saturated heterocycles.